The van der Waals surface area contributed by atoms with Crippen LogP contribution in [-0.2, 0) is 29.0 Å². The van der Waals surface area contributed by atoms with E-state index in [1.54, 1.807) is 0 Å². The van der Waals surface area contributed by atoms with Crippen LogP contribution in [0.3, 0.4) is 0 Å². The van der Waals surface area contributed by atoms with Crippen molar-refractivity contribution < 1.29 is 9.59 Å². The Kier molecular flexibility index (Phi) is 5.53. The third kappa shape index (κ3) is 4.38. The van der Waals surface area contributed by atoms with E-state index in [0.717, 1.165) is 55.6 Å². The molecule has 2 aliphatic rings. The van der Waals surface area contributed by atoms with Gasteiger partial charge < -0.3 is 10.2 Å². The number of benzene rings is 1. The van der Waals surface area contributed by atoms with Crippen LogP contribution in [0.1, 0.15) is 48.2 Å². The summed E-state index contributed by atoms with van der Waals surface area (Å²) in [7, 11) is 0. The predicted octanol–water partition coefficient (Wildman–Crippen LogP) is 3.79. The highest BCUT2D eigenvalue weighted by Gasteiger charge is 2.28. The van der Waals surface area contributed by atoms with Crippen LogP contribution < -0.4 is 5.32 Å². The molecule has 1 aliphatic carbocycles. The summed E-state index contributed by atoms with van der Waals surface area (Å²) in [6.45, 7) is 1.34. The lowest BCUT2D eigenvalue weighted by Crippen LogP contribution is -2.35. The lowest BCUT2D eigenvalue weighted by Gasteiger charge is -2.26. The minimum Gasteiger partial charge on any atom is -0.337 e. The zero-order valence-electron chi connectivity index (χ0n) is 15.4. The standard InChI is InChI=1S/C21H25N3O2S/c25-19(11-4-8-15-6-2-1-3-7-15)24-13-12-17-18(14-24)27-21(22-17)23-20(26)16-9-5-10-16/h1-3,6-7,16H,4-5,8-14H2,(H,22,23,26). The lowest BCUT2D eigenvalue weighted by atomic mass is 9.85. The summed E-state index contributed by atoms with van der Waals surface area (Å²) in [6, 6.07) is 10.3. The fourth-order valence-corrected chi connectivity index (χ4v) is 4.61. The maximum absolute atomic E-state index is 12.6. The Labute approximate surface area is 163 Å². The van der Waals surface area contributed by atoms with Crippen molar-refractivity contribution in [1.29, 1.82) is 0 Å². The Morgan fingerprint density at radius 3 is 2.78 bits per heavy atom. The van der Waals surface area contributed by atoms with Gasteiger partial charge >= 0.3 is 0 Å². The van der Waals surface area contributed by atoms with Crippen molar-refractivity contribution in [2.75, 3.05) is 11.9 Å². The normalized spacial score (nSPS) is 16.5. The fourth-order valence-electron chi connectivity index (χ4n) is 3.59. The summed E-state index contributed by atoms with van der Waals surface area (Å²) in [5.41, 5.74) is 2.32. The summed E-state index contributed by atoms with van der Waals surface area (Å²) in [5.74, 6) is 0.472. The molecule has 2 aromatic rings. The van der Waals surface area contributed by atoms with E-state index in [1.807, 2.05) is 23.1 Å². The second kappa shape index (κ2) is 8.21. The number of hydrogen-bond donors (Lipinski definition) is 1. The highest BCUT2D eigenvalue weighted by molar-refractivity contribution is 7.15. The van der Waals surface area contributed by atoms with Gasteiger partial charge in [-0.25, -0.2) is 4.98 Å². The molecule has 4 rings (SSSR count). The molecule has 2 heterocycles. The third-order valence-corrected chi connectivity index (χ3v) is 6.49. The summed E-state index contributed by atoms with van der Waals surface area (Å²) in [6.07, 6.45) is 6.28. The number of nitrogens with one attached hydrogen (secondary N) is 1. The van der Waals surface area contributed by atoms with Crippen LogP contribution >= 0.6 is 11.3 Å². The summed E-state index contributed by atoms with van der Waals surface area (Å²) < 4.78 is 0. The van der Waals surface area contributed by atoms with E-state index in [-0.39, 0.29) is 17.7 Å². The maximum atomic E-state index is 12.6. The monoisotopic (exact) mass is 383 g/mol. The van der Waals surface area contributed by atoms with Crippen molar-refractivity contribution in [3.8, 4) is 0 Å². The number of fused-ring (bicyclic) bond motifs is 1. The molecule has 1 saturated carbocycles. The second-order valence-corrected chi connectivity index (χ2v) is 8.49. The van der Waals surface area contributed by atoms with E-state index < -0.39 is 0 Å². The van der Waals surface area contributed by atoms with E-state index in [2.05, 4.69) is 22.4 Å². The van der Waals surface area contributed by atoms with Gasteiger partial charge in [0.1, 0.15) is 0 Å². The molecular weight excluding hydrogens is 358 g/mol. The van der Waals surface area contributed by atoms with Crippen LogP contribution in [-0.4, -0.2) is 28.2 Å². The highest BCUT2D eigenvalue weighted by Crippen LogP contribution is 2.31. The van der Waals surface area contributed by atoms with E-state index in [0.29, 0.717) is 18.1 Å². The summed E-state index contributed by atoms with van der Waals surface area (Å²) in [4.78, 5) is 32.3. The maximum Gasteiger partial charge on any atom is 0.229 e. The lowest BCUT2D eigenvalue weighted by molar-refractivity contribution is -0.132. The number of anilines is 1. The van der Waals surface area contributed by atoms with Crippen LogP contribution in [0.4, 0.5) is 5.13 Å². The Morgan fingerprint density at radius 2 is 2.04 bits per heavy atom. The first-order valence-corrected chi connectivity index (χ1v) is 10.6. The molecular formula is C21H25N3O2S. The second-order valence-electron chi connectivity index (χ2n) is 7.41. The molecule has 1 aliphatic heterocycles. The predicted molar refractivity (Wildman–Crippen MR) is 107 cm³/mol. The van der Waals surface area contributed by atoms with E-state index in [4.69, 9.17) is 0 Å². The van der Waals surface area contributed by atoms with E-state index in [1.165, 1.54) is 16.9 Å². The molecule has 0 atom stereocenters. The number of carbonyl (C=O) groups excluding carboxylic acids is 2. The van der Waals surface area contributed by atoms with E-state index in [9.17, 15) is 9.59 Å². The quantitative estimate of drug-likeness (QED) is 0.825. The van der Waals surface area contributed by atoms with Crippen molar-refractivity contribution in [2.24, 2.45) is 5.92 Å². The van der Waals surface area contributed by atoms with Crippen LogP contribution in [0.2, 0.25) is 0 Å². The number of hydrogen-bond acceptors (Lipinski definition) is 4. The molecule has 0 spiro atoms. The van der Waals surface area contributed by atoms with Crippen LogP contribution in [0.5, 0.6) is 0 Å². The number of aryl methyl sites for hydroxylation is 1. The smallest absolute Gasteiger partial charge is 0.229 e. The van der Waals surface area contributed by atoms with Crippen molar-refractivity contribution in [3.05, 3.63) is 46.5 Å². The molecule has 2 amide bonds. The molecule has 0 radical (unpaired) electrons. The number of thiazole rings is 1. The van der Waals surface area contributed by atoms with E-state index >= 15 is 0 Å². The zero-order chi connectivity index (χ0) is 18.6. The Balaban J connectivity index is 1.28. The summed E-state index contributed by atoms with van der Waals surface area (Å²) >= 11 is 1.52. The molecule has 1 aromatic heterocycles. The van der Waals surface area contributed by atoms with Gasteiger partial charge in [0.25, 0.3) is 0 Å². The molecule has 1 fully saturated rings. The van der Waals surface area contributed by atoms with Crippen molar-refractivity contribution in [3.63, 3.8) is 0 Å². The number of rotatable bonds is 6. The molecule has 27 heavy (non-hydrogen) atoms. The minimum atomic E-state index is 0.0983. The molecule has 142 valence electrons. The topological polar surface area (TPSA) is 62.3 Å². The third-order valence-electron chi connectivity index (χ3n) is 5.49. The number of amides is 2. The zero-order valence-corrected chi connectivity index (χ0v) is 16.3. The molecule has 0 bridgehead atoms. The fraction of sp³-hybridized carbons (Fsp3) is 0.476. The molecule has 1 N–H and O–H groups in total. The molecule has 1 aromatic carbocycles. The molecule has 5 nitrogen and oxygen atoms in total. The molecule has 0 saturated heterocycles. The number of nitrogens with zero attached hydrogens (tertiary/aromatic N) is 2. The van der Waals surface area contributed by atoms with Crippen molar-refractivity contribution >= 4 is 28.3 Å². The average Bonchev–Trinajstić information content (AvgIpc) is 3.02. The molecule has 0 unspecified atom stereocenters. The highest BCUT2D eigenvalue weighted by atomic mass is 32.1. The van der Waals surface area contributed by atoms with Crippen LogP contribution in [0.15, 0.2) is 30.3 Å². The molecule has 6 heteroatoms. The van der Waals surface area contributed by atoms with Gasteiger partial charge in [-0.05, 0) is 31.2 Å². The largest absolute Gasteiger partial charge is 0.337 e. The van der Waals surface area contributed by atoms with Gasteiger partial charge in [-0.2, -0.15) is 0 Å². The van der Waals surface area contributed by atoms with Gasteiger partial charge in [0, 0.05) is 30.2 Å². The summed E-state index contributed by atoms with van der Waals surface area (Å²) in [5, 5.41) is 3.65. The van der Waals surface area contributed by atoms with Crippen LogP contribution in [0.25, 0.3) is 0 Å². The van der Waals surface area contributed by atoms with Gasteiger partial charge in [-0.3, -0.25) is 9.59 Å². The average molecular weight is 384 g/mol. The Hall–Kier alpha value is -2.21. The van der Waals surface area contributed by atoms with Gasteiger partial charge in [0.05, 0.1) is 12.2 Å². The van der Waals surface area contributed by atoms with Gasteiger partial charge in [0.2, 0.25) is 11.8 Å². The van der Waals surface area contributed by atoms with Crippen molar-refractivity contribution in [2.45, 2.75) is 51.5 Å². The van der Waals surface area contributed by atoms with Gasteiger partial charge in [-0.15, -0.1) is 0 Å². The Bertz CT molecular complexity index is 814. The first-order chi connectivity index (χ1) is 13.2. The van der Waals surface area contributed by atoms with Crippen LogP contribution in [0, 0.1) is 5.92 Å². The first kappa shape index (κ1) is 18.2. The van der Waals surface area contributed by atoms with Crippen molar-refractivity contribution in [1.82, 2.24) is 9.88 Å². The first-order valence-electron chi connectivity index (χ1n) is 9.80. The Morgan fingerprint density at radius 1 is 1.22 bits per heavy atom. The number of carbonyl (C=O) groups is 2. The van der Waals surface area contributed by atoms with Gasteiger partial charge in [-0.1, -0.05) is 48.1 Å². The minimum absolute atomic E-state index is 0.0983. The SMILES string of the molecule is O=C(Nc1nc2c(s1)CN(C(=O)CCCc1ccccc1)CC2)C1CCC1. The van der Waals surface area contributed by atoms with Gasteiger partial charge in [0.15, 0.2) is 5.13 Å². The number of aromatic nitrogens is 1.